The molecule has 0 heterocycles. The Balaban J connectivity index is 2.66. The summed E-state index contributed by atoms with van der Waals surface area (Å²) in [6, 6.07) is 12.7. The maximum atomic E-state index is 11.9. The van der Waals surface area contributed by atoms with Gasteiger partial charge >= 0.3 is 0 Å². The van der Waals surface area contributed by atoms with Crippen LogP contribution in [-0.2, 0) is 4.79 Å². The van der Waals surface area contributed by atoms with Crippen LogP contribution < -0.4 is 0 Å². The van der Waals surface area contributed by atoms with Crippen LogP contribution in [0.5, 0.6) is 5.75 Å². The van der Waals surface area contributed by atoms with Gasteiger partial charge in [0.1, 0.15) is 17.4 Å². The zero-order valence-electron chi connectivity index (χ0n) is 11.3. The maximum absolute atomic E-state index is 11.9. The number of rotatable bonds is 2. The standard InChI is InChI=1S/C16H14N2O2/c1-18(2)16(20)12(10-17)9-14-13-6-4-3-5-11(13)7-8-15(14)19/h3-9,19H,1-2H3/b12-9+. The second-order valence-corrected chi connectivity index (χ2v) is 4.59. The number of nitriles is 1. The van der Waals surface area contributed by atoms with Crippen LogP contribution in [0.4, 0.5) is 0 Å². The topological polar surface area (TPSA) is 64.3 Å². The van der Waals surface area contributed by atoms with Crippen molar-refractivity contribution in [3.05, 3.63) is 47.5 Å². The maximum Gasteiger partial charge on any atom is 0.264 e. The Labute approximate surface area is 117 Å². The number of benzene rings is 2. The molecule has 0 saturated carbocycles. The molecule has 2 rings (SSSR count). The number of amides is 1. The number of carbonyl (C=O) groups is 1. The fourth-order valence-corrected chi connectivity index (χ4v) is 1.96. The highest BCUT2D eigenvalue weighted by atomic mass is 16.3. The predicted octanol–water partition coefficient (Wildman–Crippen LogP) is 2.54. The van der Waals surface area contributed by atoms with Crippen molar-refractivity contribution in [3.63, 3.8) is 0 Å². The molecule has 2 aromatic rings. The lowest BCUT2D eigenvalue weighted by Crippen LogP contribution is -2.22. The van der Waals surface area contributed by atoms with Crippen LogP contribution in [0, 0.1) is 11.3 Å². The quantitative estimate of drug-likeness (QED) is 0.671. The van der Waals surface area contributed by atoms with E-state index in [1.807, 2.05) is 30.3 Å². The molecule has 0 fully saturated rings. The van der Waals surface area contributed by atoms with Crippen molar-refractivity contribution in [1.29, 1.82) is 5.26 Å². The third-order valence-corrected chi connectivity index (χ3v) is 2.99. The summed E-state index contributed by atoms with van der Waals surface area (Å²) >= 11 is 0. The van der Waals surface area contributed by atoms with Gasteiger partial charge in [0.2, 0.25) is 0 Å². The summed E-state index contributed by atoms with van der Waals surface area (Å²) in [4.78, 5) is 13.2. The van der Waals surface area contributed by atoms with Gasteiger partial charge in [-0.15, -0.1) is 0 Å². The predicted molar refractivity (Wildman–Crippen MR) is 77.9 cm³/mol. The molecule has 1 N–H and O–H groups in total. The molecule has 0 bridgehead atoms. The second-order valence-electron chi connectivity index (χ2n) is 4.59. The summed E-state index contributed by atoms with van der Waals surface area (Å²) in [5.74, 6) is -0.345. The van der Waals surface area contributed by atoms with E-state index in [1.165, 1.54) is 11.0 Å². The third-order valence-electron chi connectivity index (χ3n) is 2.99. The van der Waals surface area contributed by atoms with Crippen LogP contribution >= 0.6 is 0 Å². The first-order valence-corrected chi connectivity index (χ1v) is 6.08. The van der Waals surface area contributed by atoms with Gasteiger partial charge in [-0.1, -0.05) is 30.3 Å². The van der Waals surface area contributed by atoms with E-state index in [0.717, 1.165) is 10.8 Å². The fourth-order valence-electron chi connectivity index (χ4n) is 1.96. The van der Waals surface area contributed by atoms with E-state index in [0.29, 0.717) is 5.56 Å². The molecule has 0 radical (unpaired) electrons. The number of fused-ring (bicyclic) bond motifs is 1. The van der Waals surface area contributed by atoms with E-state index in [-0.39, 0.29) is 17.2 Å². The van der Waals surface area contributed by atoms with Crippen LogP contribution in [-0.4, -0.2) is 30.0 Å². The fraction of sp³-hybridized carbons (Fsp3) is 0.125. The normalized spacial score (nSPS) is 11.2. The first-order chi connectivity index (χ1) is 9.54. The Kier molecular flexibility index (Phi) is 3.72. The highest BCUT2D eigenvalue weighted by Gasteiger charge is 2.13. The number of likely N-dealkylation sites (N-methyl/N-ethyl adjacent to an activating group) is 1. The summed E-state index contributed by atoms with van der Waals surface area (Å²) in [5, 5.41) is 20.9. The number of carbonyl (C=O) groups excluding carboxylic acids is 1. The van der Waals surface area contributed by atoms with E-state index in [4.69, 9.17) is 5.26 Å². The largest absolute Gasteiger partial charge is 0.507 e. The molecule has 0 spiro atoms. The molecule has 1 amide bonds. The minimum atomic E-state index is -0.389. The van der Waals surface area contributed by atoms with E-state index in [1.54, 1.807) is 26.2 Å². The van der Waals surface area contributed by atoms with Crippen molar-refractivity contribution in [2.45, 2.75) is 0 Å². The van der Waals surface area contributed by atoms with Gasteiger partial charge in [0.15, 0.2) is 0 Å². The van der Waals surface area contributed by atoms with E-state index < -0.39 is 0 Å². The third kappa shape index (κ3) is 2.47. The Morgan fingerprint density at radius 2 is 1.95 bits per heavy atom. The number of hydrogen-bond acceptors (Lipinski definition) is 3. The first kappa shape index (κ1) is 13.6. The summed E-state index contributed by atoms with van der Waals surface area (Å²) in [7, 11) is 3.16. The lowest BCUT2D eigenvalue weighted by atomic mass is 10.0. The van der Waals surface area contributed by atoms with Crippen LogP contribution in [0.3, 0.4) is 0 Å². The smallest absolute Gasteiger partial charge is 0.264 e. The highest BCUT2D eigenvalue weighted by Crippen LogP contribution is 2.29. The summed E-state index contributed by atoms with van der Waals surface area (Å²) in [5.41, 5.74) is 0.469. The minimum Gasteiger partial charge on any atom is -0.507 e. The summed E-state index contributed by atoms with van der Waals surface area (Å²) in [6.07, 6.45) is 1.43. The van der Waals surface area contributed by atoms with E-state index in [2.05, 4.69) is 0 Å². The van der Waals surface area contributed by atoms with Crippen molar-refractivity contribution < 1.29 is 9.90 Å². The average Bonchev–Trinajstić information content (AvgIpc) is 2.45. The van der Waals surface area contributed by atoms with Crippen LogP contribution in [0.25, 0.3) is 16.8 Å². The molecule has 0 saturated heterocycles. The minimum absolute atomic E-state index is 0.0124. The highest BCUT2D eigenvalue weighted by molar-refractivity contribution is 6.04. The Morgan fingerprint density at radius 3 is 2.60 bits per heavy atom. The van der Waals surface area contributed by atoms with Gasteiger partial charge in [-0.3, -0.25) is 4.79 Å². The second kappa shape index (κ2) is 5.45. The molecular weight excluding hydrogens is 252 g/mol. The van der Waals surface area contributed by atoms with Gasteiger partial charge in [0, 0.05) is 19.7 Å². The zero-order chi connectivity index (χ0) is 14.7. The molecule has 0 aromatic heterocycles. The molecular formula is C16H14N2O2. The van der Waals surface area contributed by atoms with Crippen molar-refractivity contribution in [3.8, 4) is 11.8 Å². The molecule has 0 aliphatic heterocycles. The molecule has 4 heteroatoms. The van der Waals surface area contributed by atoms with Crippen molar-refractivity contribution in [2.75, 3.05) is 14.1 Å². The van der Waals surface area contributed by atoms with Gasteiger partial charge in [0.05, 0.1) is 0 Å². The van der Waals surface area contributed by atoms with Gasteiger partial charge in [-0.05, 0) is 22.9 Å². The number of phenols is 1. The Hall–Kier alpha value is -2.80. The van der Waals surface area contributed by atoms with Crippen LogP contribution in [0.15, 0.2) is 42.0 Å². The van der Waals surface area contributed by atoms with Gasteiger partial charge in [-0.25, -0.2) is 0 Å². The van der Waals surface area contributed by atoms with Gasteiger partial charge in [0.25, 0.3) is 5.91 Å². The molecule has 2 aromatic carbocycles. The molecule has 0 aliphatic rings. The molecule has 0 atom stereocenters. The molecule has 20 heavy (non-hydrogen) atoms. The summed E-state index contributed by atoms with van der Waals surface area (Å²) in [6.45, 7) is 0. The molecule has 100 valence electrons. The SMILES string of the molecule is CN(C)C(=O)/C(C#N)=C/c1c(O)ccc2ccccc12. The molecule has 4 nitrogen and oxygen atoms in total. The molecule has 0 aliphatic carbocycles. The summed E-state index contributed by atoms with van der Waals surface area (Å²) < 4.78 is 0. The Morgan fingerprint density at radius 1 is 1.25 bits per heavy atom. The first-order valence-electron chi connectivity index (χ1n) is 6.08. The van der Waals surface area contributed by atoms with Crippen LogP contribution in [0.1, 0.15) is 5.56 Å². The van der Waals surface area contributed by atoms with Crippen molar-refractivity contribution in [2.24, 2.45) is 0 Å². The lowest BCUT2D eigenvalue weighted by molar-refractivity contribution is -0.124. The average molecular weight is 266 g/mol. The Bertz CT molecular complexity index is 740. The van der Waals surface area contributed by atoms with E-state index >= 15 is 0 Å². The number of aromatic hydroxyl groups is 1. The number of phenolic OH excluding ortho intramolecular Hbond substituents is 1. The monoisotopic (exact) mass is 266 g/mol. The van der Waals surface area contributed by atoms with Crippen molar-refractivity contribution in [1.82, 2.24) is 4.90 Å². The lowest BCUT2D eigenvalue weighted by Gasteiger charge is -2.10. The van der Waals surface area contributed by atoms with E-state index in [9.17, 15) is 9.90 Å². The molecule has 0 unspecified atom stereocenters. The number of nitrogens with zero attached hydrogens (tertiary/aromatic N) is 2. The van der Waals surface area contributed by atoms with Gasteiger partial charge < -0.3 is 10.0 Å². The van der Waals surface area contributed by atoms with Crippen molar-refractivity contribution >= 4 is 22.8 Å². The van der Waals surface area contributed by atoms with Gasteiger partial charge in [-0.2, -0.15) is 5.26 Å². The zero-order valence-corrected chi connectivity index (χ0v) is 11.3. The number of hydrogen-bond donors (Lipinski definition) is 1. The van der Waals surface area contributed by atoms with Crippen LogP contribution in [0.2, 0.25) is 0 Å².